The van der Waals surface area contributed by atoms with Gasteiger partial charge in [-0.05, 0) is 43.9 Å². The molecule has 0 radical (unpaired) electrons. The van der Waals surface area contributed by atoms with Crippen LogP contribution in [-0.4, -0.2) is 59.5 Å². The predicted octanol–water partition coefficient (Wildman–Crippen LogP) is 2.55. The Kier molecular flexibility index (Phi) is 7.80. The summed E-state index contributed by atoms with van der Waals surface area (Å²) in [5.74, 6) is 0.583. The minimum absolute atomic E-state index is 0.00547. The first-order valence-corrected chi connectivity index (χ1v) is 12.1. The Morgan fingerprint density at radius 2 is 2.06 bits per heavy atom. The second-order valence-electron chi connectivity index (χ2n) is 8.89. The molecule has 33 heavy (non-hydrogen) atoms. The summed E-state index contributed by atoms with van der Waals surface area (Å²) in [5, 5.41) is 7.48. The highest BCUT2D eigenvalue weighted by atomic mass is 19.1. The van der Waals surface area contributed by atoms with Gasteiger partial charge in [-0.3, -0.25) is 19.9 Å². The third kappa shape index (κ3) is 5.46. The molecule has 4 rings (SSSR count). The number of hydrazone groups is 1. The number of amides is 2. The Hall–Kier alpha value is -2.68. The molecule has 2 aliphatic heterocycles. The number of nitrogens with zero attached hydrogens (tertiary/aromatic N) is 3. The van der Waals surface area contributed by atoms with E-state index in [0.29, 0.717) is 39.1 Å². The van der Waals surface area contributed by atoms with Crippen LogP contribution in [0, 0.1) is 11.7 Å². The van der Waals surface area contributed by atoms with Gasteiger partial charge in [-0.1, -0.05) is 25.0 Å². The SMILES string of the molecule is CCOCCCNC(=O)CCC1=NNC2N(Cc3ccc(F)cc3)C(=O)C3CCCCC3N12. The fourth-order valence-electron chi connectivity index (χ4n) is 5.05. The lowest BCUT2D eigenvalue weighted by Crippen LogP contribution is -2.67. The van der Waals surface area contributed by atoms with Crippen LogP contribution in [0.4, 0.5) is 4.39 Å². The summed E-state index contributed by atoms with van der Waals surface area (Å²) in [4.78, 5) is 29.7. The highest BCUT2D eigenvalue weighted by Crippen LogP contribution is 2.38. The molecule has 0 aromatic heterocycles. The molecule has 2 N–H and O–H groups in total. The molecule has 8 nitrogen and oxygen atoms in total. The maximum atomic E-state index is 13.4. The zero-order valence-corrected chi connectivity index (χ0v) is 19.3. The minimum Gasteiger partial charge on any atom is -0.382 e. The van der Waals surface area contributed by atoms with Crippen molar-refractivity contribution in [3.8, 4) is 0 Å². The molecular formula is C24H34FN5O3. The number of rotatable bonds is 10. The van der Waals surface area contributed by atoms with Crippen LogP contribution in [0.25, 0.3) is 0 Å². The normalized spacial score (nSPS) is 24.1. The van der Waals surface area contributed by atoms with E-state index in [2.05, 4.69) is 20.7 Å². The smallest absolute Gasteiger partial charge is 0.231 e. The maximum absolute atomic E-state index is 13.4. The number of ether oxygens (including phenoxy) is 1. The van der Waals surface area contributed by atoms with Crippen molar-refractivity contribution in [3.05, 3.63) is 35.6 Å². The fraction of sp³-hybridized carbons (Fsp3) is 0.625. The third-order valence-electron chi connectivity index (χ3n) is 6.69. The summed E-state index contributed by atoms with van der Waals surface area (Å²) < 4.78 is 18.7. The number of fused-ring (bicyclic) bond motifs is 3. The lowest BCUT2D eigenvalue weighted by atomic mass is 9.80. The van der Waals surface area contributed by atoms with E-state index in [4.69, 9.17) is 4.74 Å². The van der Waals surface area contributed by atoms with Crippen LogP contribution in [0.5, 0.6) is 0 Å². The van der Waals surface area contributed by atoms with Gasteiger partial charge in [0.1, 0.15) is 11.7 Å². The molecule has 2 amide bonds. The van der Waals surface area contributed by atoms with Crippen LogP contribution in [0.3, 0.4) is 0 Å². The summed E-state index contributed by atoms with van der Waals surface area (Å²) in [6.07, 6.45) is 5.22. The molecule has 1 aromatic rings. The Labute approximate surface area is 194 Å². The second-order valence-corrected chi connectivity index (χ2v) is 8.89. The number of benzene rings is 1. The zero-order chi connectivity index (χ0) is 23.2. The molecule has 0 spiro atoms. The van der Waals surface area contributed by atoms with E-state index in [9.17, 15) is 14.0 Å². The van der Waals surface area contributed by atoms with E-state index < -0.39 is 0 Å². The average Bonchev–Trinajstić information content (AvgIpc) is 3.25. The Bertz CT molecular complexity index is 862. The van der Waals surface area contributed by atoms with Gasteiger partial charge in [0.05, 0.1) is 5.92 Å². The van der Waals surface area contributed by atoms with Crippen LogP contribution >= 0.6 is 0 Å². The number of carbonyl (C=O) groups is 2. The van der Waals surface area contributed by atoms with Gasteiger partial charge >= 0.3 is 0 Å². The number of hydrogen-bond donors (Lipinski definition) is 2. The first-order chi connectivity index (χ1) is 16.1. The largest absolute Gasteiger partial charge is 0.382 e. The number of amidine groups is 1. The summed E-state index contributed by atoms with van der Waals surface area (Å²) in [6, 6.07) is 6.37. The summed E-state index contributed by atoms with van der Waals surface area (Å²) >= 11 is 0. The molecule has 2 fully saturated rings. The van der Waals surface area contributed by atoms with Crippen molar-refractivity contribution in [3.63, 3.8) is 0 Å². The van der Waals surface area contributed by atoms with Gasteiger partial charge in [0.15, 0.2) is 6.29 Å². The van der Waals surface area contributed by atoms with Gasteiger partial charge in [0.25, 0.3) is 0 Å². The number of halogens is 1. The van der Waals surface area contributed by atoms with Crippen LogP contribution in [0.2, 0.25) is 0 Å². The molecule has 1 aromatic carbocycles. The van der Waals surface area contributed by atoms with E-state index in [1.165, 1.54) is 12.1 Å². The van der Waals surface area contributed by atoms with Crippen molar-refractivity contribution in [2.24, 2.45) is 11.0 Å². The Balaban J connectivity index is 1.40. The van der Waals surface area contributed by atoms with Crippen molar-refractivity contribution < 1.29 is 18.7 Å². The van der Waals surface area contributed by atoms with Gasteiger partial charge in [0, 0.05) is 45.2 Å². The lowest BCUT2D eigenvalue weighted by molar-refractivity contribution is -0.156. The third-order valence-corrected chi connectivity index (χ3v) is 6.69. The van der Waals surface area contributed by atoms with E-state index >= 15 is 0 Å². The highest BCUT2D eigenvalue weighted by molar-refractivity contribution is 5.91. The topological polar surface area (TPSA) is 86.3 Å². The summed E-state index contributed by atoms with van der Waals surface area (Å²) in [6.45, 7) is 4.26. The Morgan fingerprint density at radius 1 is 1.27 bits per heavy atom. The zero-order valence-electron chi connectivity index (χ0n) is 19.3. The van der Waals surface area contributed by atoms with Gasteiger partial charge in [0.2, 0.25) is 11.8 Å². The van der Waals surface area contributed by atoms with Crippen LogP contribution in [-0.2, 0) is 20.9 Å². The fourth-order valence-corrected chi connectivity index (χ4v) is 5.05. The van der Waals surface area contributed by atoms with Gasteiger partial charge < -0.3 is 15.0 Å². The van der Waals surface area contributed by atoms with Crippen molar-refractivity contribution in [1.82, 2.24) is 20.5 Å². The van der Waals surface area contributed by atoms with Gasteiger partial charge in [-0.2, -0.15) is 5.10 Å². The molecule has 1 aliphatic carbocycles. The highest BCUT2D eigenvalue weighted by Gasteiger charge is 2.50. The van der Waals surface area contributed by atoms with Crippen molar-refractivity contribution in [2.45, 2.75) is 70.7 Å². The second kappa shape index (κ2) is 11.0. The molecule has 3 unspecified atom stereocenters. The first-order valence-electron chi connectivity index (χ1n) is 12.1. The average molecular weight is 460 g/mol. The molecule has 1 saturated carbocycles. The molecule has 2 heterocycles. The van der Waals surface area contributed by atoms with Crippen LogP contribution in [0.15, 0.2) is 29.4 Å². The van der Waals surface area contributed by atoms with E-state index in [0.717, 1.165) is 43.5 Å². The van der Waals surface area contributed by atoms with Crippen molar-refractivity contribution in [1.29, 1.82) is 0 Å². The number of hydrogen-bond acceptors (Lipinski definition) is 6. The number of carbonyl (C=O) groups excluding carboxylic acids is 2. The van der Waals surface area contributed by atoms with Crippen molar-refractivity contribution >= 4 is 17.6 Å². The van der Waals surface area contributed by atoms with E-state index in [1.54, 1.807) is 12.1 Å². The minimum atomic E-state index is -0.369. The first kappa shape index (κ1) is 23.5. The maximum Gasteiger partial charge on any atom is 0.231 e. The molecule has 180 valence electrons. The van der Waals surface area contributed by atoms with Crippen LogP contribution < -0.4 is 10.7 Å². The standard InChI is InChI=1S/C24H34FN5O3/c1-2-33-15-5-14-26-22(31)13-12-21-27-28-24-29(16-17-8-10-18(25)11-9-17)23(32)19-6-3-4-7-20(19)30(21)24/h8-11,19-20,24,28H,2-7,12-16H2,1H3,(H,26,31). The van der Waals surface area contributed by atoms with E-state index in [1.807, 2.05) is 11.8 Å². The molecule has 1 saturated heterocycles. The Morgan fingerprint density at radius 3 is 2.85 bits per heavy atom. The molecule has 9 heteroatoms. The molecule has 3 aliphatic rings. The molecule has 3 atom stereocenters. The molecular weight excluding hydrogens is 425 g/mol. The van der Waals surface area contributed by atoms with Crippen LogP contribution in [0.1, 0.15) is 57.4 Å². The predicted molar refractivity (Wildman–Crippen MR) is 122 cm³/mol. The summed E-state index contributed by atoms with van der Waals surface area (Å²) in [5.41, 5.74) is 4.02. The van der Waals surface area contributed by atoms with Gasteiger partial charge in [-0.15, -0.1) is 0 Å². The monoisotopic (exact) mass is 459 g/mol. The van der Waals surface area contributed by atoms with E-state index in [-0.39, 0.29) is 35.9 Å². The van der Waals surface area contributed by atoms with Gasteiger partial charge in [-0.25, -0.2) is 4.39 Å². The lowest BCUT2D eigenvalue weighted by Gasteiger charge is -2.50. The van der Waals surface area contributed by atoms with Crippen molar-refractivity contribution in [2.75, 3.05) is 19.8 Å². The quantitative estimate of drug-likeness (QED) is 0.525. The molecule has 0 bridgehead atoms. The number of nitrogens with one attached hydrogen (secondary N) is 2. The summed E-state index contributed by atoms with van der Waals surface area (Å²) in [7, 11) is 0.